The summed E-state index contributed by atoms with van der Waals surface area (Å²) >= 11 is 0. The van der Waals surface area contributed by atoms with Gasteiger partial charge in [-0.1, -0.05) is 6.07 Å². The Labute approximate surface area is 248 Å². The monoisotopic (exact) mass is 606 g/mol. The van der Waals surface area contributed by atoms with Crippen molar-refractivity contribution in [2.45, 2.75) is 38.0 Å². The van der Waals surface area contributed by atoms with E-state index < -0.39 is 29.2 Å². The highest BCUT2D eigenvalue weighted by atomic mass is 19.4. The Morgan fingerprint density at radius 2 is 1.82 bits per heavy atom. The molecular formula is C31H26F4N6O3. The number of aromatic amines is 1. The predicted molar refractivity (Wildman–Crippen MR) is 152 cm³/mol. The zero-order valence-corrected chi connectivity index (χ0v) is 23.3. The number of anilines is 1. The molecule has 2 fully saturated rings. The van der Waals surface area contributed by atoms with Crippen LogP contribution in [0.1, 0.15) is 52.1 Å². The number of halogens is 4. The van der Waals surface area contributed by atoms with E-state index in [1.165, 1.54) is 29.2 Å². The van der Waals surface area contributed by atoms with E-state index in [9.17, 15) is 27.2 Å². The topological polar surface area (TPSA) is 115 Å². The number of nitrogens with one attached hydrogen (secondary N) is 1. The number of carbonyl (C=O) groups is 1. The maximum Gasteiger partial charge on any atom is 0.434 e. The molecule has 1 aliphatic heterocycles. The number of rotatable bonds is 6. The van der Waals surface area contributed by atoms with Crippen molar-refractivity contribution in [3.05, 3.63) is 92.8 Å². The van der Waals surface area contributed by atoms with Crippen molar-refractivity contribution in [1.29, 1.82) is 5.26 Å². The van der Waals surface area contributed by atoms with E-state index in [1.807, 2.05) is 0 Å². The minimum absolute atomic E-state index is 0.0403. The third kappa shape index (κ3) is 5.79. The highest BCUT2D eigenvalue weighted by Crippen LogP contribution is 2.32. The number of H-pyrrole nitrogens is 1. The Balaban J connectivity index is 1.18. The molecule has 44 heavy (non-hydrogen) atoms. The molecule has 1 amide bonds. The summed E-state index contributed by atoms with van der Waals surface area (Å²) in [5.41, 5.74) is -1.19. The van der Waals surface area contributed by atoms with Crippen LogP contribution < -0.4 is 15.2 Å². The number of ether oxygens (including phenoxy) is 1. The largest absolute Gasteiger partial charge is 0.490 e. The summed E-state index contributed by atoms with van der Waals surface area (Å²) in [5.74, 6) is -0.585. The number of alkyl halides is 3. The van der Waals surface area contributed by atoms with Gasteiger partial charge in [0, 0.05) is 38.0 Å². The number of pyridine rings is 1. The number of hydrogen-bond donors (Lipinski definition) is 1. The van der Waals surface area contributed by atoms with Crippen LogP contribution in [0.4, 0.5) is 23.4 Å². The molecule has 1 N–H and O–H groups in total. The summed E-state index contributed by atoms with van der Waals surface area (Å²) < 4.78 is 61.0. The molecule has 4 aromatic rings. The normalized spacial score (nSPS) is 15.6. The fraction of sp³-hybridized carbons (Fsp3) is 0.323. The third-order valence-corrected chi connectivity index (χ3v) is 7.99. The van der Waals surface area contributed by atoms with Crippen LogP contribution in [0, 0.1) is 17.1 Å². The number of benzene rings is 2. The van der Waals surface area contributed by atoms with Crippen LogP contribution >= 0.6 is 0 Å². The minimum atomic E-state index is -4.79. The molecule has 0 radical (unpaired) electrons. The number of piperazine rings is 1. The molecule has 1 saturated carbocycles. The Hall–Kier alpha value is -4.99. The molecule has 226 valence electrons. The molecule has 0 atom stereocenters. The first kappa shape index (κ1) is 29.1. The van der Waals surface area contributed by atoms with Crippen molar-refractivity contribution in [2.24, 2.45) is 0 Å². The number of aromatic nitrogens is 3. The molecule has 9 nitrogen and oxygen atoms in total. The molecule has 0 spiro atoms. The van der Waals surface area contributed by atoms with Crippen LogP contribution in [-0.2, 0) is 12.6 Å². The lowest BCUT2D eigenvalue weighted by molar-refractivity contribution is -0.141. The van der Waals surface area contributed by atoms with E-state index >= 15 is 0 Å². The van der Waals surface area contributed by atoms with Crippen LogP contribution in [0.15, 0.2) is 53.3 Å². The van der Waals surface area contributed by atoms with E-state index in [0.717, 1.165) is 25.3 Å². The molecule has 1 saturated heterocycles. The van der Waals surface area contributed by atoms with Crippen molar-refractivity contribution >= 4 is 22.5 Å². The zero-order valence-electron chi connectivity index (χ0n) is 23.3. The van der Waals surface area contributed by atoms with E-state index in [1.54, 1.807) is 29.2 Å². The second kappa shape index (κ2) is 11.6. The van der Waals surface area contributed by atoms with Gasteiger partial charge in [0.25, 0.3) is 11.5 Å². The van der Waals surface area contributed by atoms with Crippen molar-refractivity contribution < 1.29 is 27.1 Å². The summed E-state index contributed by atoms with van der Waals surface area (Å²) in [4.78, 5) is 32.5. The lowest BCUT2D eigenvalue weighted by Gasteiger charge is -2.35. The Bertz CT molecular complexity index is 1840. The highest BCUT2D eigenvalue weighted by molar-refractivity contribution is 5.95. The standard InChI is InChI=1S/C31H26F4N6O3/c32-25-8-4-18(15-26-23-16-21(44-20-2-1-3-20)6-7-22(23)29(42)39-38-26)14-24(25)30(43)41-12-10-40(11-13-41)27-9-5-19(17-36)28(37-27)31(33,34)35/h4-9,14,16,20H,1-3,10-13,15H2,(H,39,42). The Morgan fingerprint density at radius 1 is 1.05 bits per heavy atom. The maximum atomic E-state index is 14.9. The van der Waals surface area contributed by atoms with E-state index in [2.05, 4.69) is 15.2 Å². The van der Waals surface area contributed by atoms with Crippen LogP contribution in [0.2, 0.25) is 0 Å². The lowest BCUT2D eigenvalue weighted by atomic mass is 9.96. The molecule has 0 bridgehead atoms. The van der Waals surface area contributed by atoms with Gasteiger partial charge in [-0.25, -0.2) is 14.5 Å². The molecule has 2 aromatic heterocycles. The van der Waals surface area contributed by atoms with Crippen LogP contribution in [0.5, 0.6) is 5.75 Å². The molecule has 2 aliphatic rings. The van der Waals surface area contributed by atoms with Crippen molar-refractivity contribution in [3.8, 4) is 11.8 Å². The molecule has 0 unspecified atom stereocenters. The quantitative estimate of drug-likeness (QED) is 0.313. The van der Waals surface area contributed by atoms with E-state index in [0.29, 0.717) is 27.8 Å². The maximum absolute atomic E-state index is 14.9. The second-order valence-corrected chi connectivity index (χ2v) is 10.8. The number of nitrogens with zero attached hydrogens (tertiary/aromatic N) is 5. The Kier molecular flexibility index (Phi) is 7.67. The van der Waals surface area contributed by atoms with Gasteiger partial charge >= 0.3 is 6.18 Å². The van der Waals surface area contributed by atoms with Crippen molar-refractivity contribution in [3.63, 3.8) is 0 Å². The highest BCUT2D eigenvalue weighted by Gasteiger charge is 2.36. The van der Waals surface area contributed by atoms with E-state index in [4.69, 9.17) is 10.00 Å². The Morgan fingerprint density at radius 3 is 2.50 bits per heavy atom. The van der Waals surface area contributed by atoms with Gasteiger partial charge in [0.1, 0.15) is 23.5 Å². The van der Waals surface area contributed by atoms with Crippen molar-refractivity contribution in [2.75, 3.05) is 31.1 Å². The van der Waals surface area contributed by atoms with Crippen LogP contribution in [0.3, 0.4) is 0 Å². The lowest BCUT2D eigenvalue weighted by Crippen LogP contribution is -2.49. The van der Waals surface area contributed by atoms with Crippen LogP contribution in [-0.4, -0.2) is 58.3 Å². The molecule has 3 heterocycles. The zero-order chi connectivity index (χ0) is 31.0. The molecule has 6 rings (SSSR count). The van der Waals surface area contributed by atoms with Gasteiger partial charge in [-0.3, -0.25) is 9.59 Å². The minimum Gasteiger partial charge on any atom is -0.490 e. The van der Waals surface area contributed by atoms with Crippen molar-refractivity contribution in [1.82, 2.24) is 20.1 Å². The van der Waals surface area contributed by atoms with Gasteiger partial charge in [0.05, 0.1) is 28.3 Å². The predicted octanol–water partition coefficient (Wildman–Crippen LogP) is 4.83. The number of carbonyl (C=O) groups excluding carboxylic acids is 1. The number of nitriles is 1. The number of fused-ring (bicyclic) bond motifs is 1. The fourth-order valence-electron chi connectivity index (χ4n) is 5.37. The summed E-state index contributed by atoms with van der Waals surface area (Å²) in [6, 6.07) is 13.3. The van der Waals surface area contributed by atoms with Gasteiger partial charge in [0.2, 0.25) is 0 Å². The second-order valence-electron chi connectivity index (χ2n) is 10.8. The third-order valence-electron chi connectivity index (χ3n) is 7.99. The van der Waals surface area contributed by atoms with E-state index in [-0.39, 0.29) is 55.6 Å². The smallest absolute Gasteiger partial charge is 0.434 e. The molecule has 13 heteroatoms. The van der Waals surface area contributed by atoms with Gasteiger partial charge < -0.3 is 14.5 Å². The van der Waals surface area contributed by atoms with Gasteiger partial charge in [-0.05, 0) is 67.3 Å². The number of amides is 1. The summed E-state index contributed by atoms with van der Waals surface area (Å²) in [5, 5.41) is 16.8. The van der Waals surface area contributed by atoms with Gasteiger partial charge in [0.15, 0.2) is 5.69 Å². The molecule has 2 aromatic carbocycles. The van der Waals surface area contributed by atoms with Crippen LogP contribution in [0.25, 0.3) is 10.8 Å². The SMILES string of the molecule is N#Cc1ccc(N2CCN(C(=O)c3cc(Cc4n[nH]c(=O)c5ccc(OC6CCC6)cc45)ccc3F)CC2)nc1C(F)(F)F. The first-order chi connectivity index (χ1) is 21.1. The first-order valence-corrected chi connectivity index (χ1v) is 14.1. The molecular weight excluding hydrogens is 580 g/mol. The summed E-state index contributed by atoms with van der Waals surface area (Å²) in [6.07, 6.45) is -1.36. The average Bonchev–Trinajstić information content (AvgIpc) is 3.00. The average molecular weight is 607 g/mol. The molecule has 1 aliphatic carbocycles. The van der Waals surface area contributed by atoms with Gasteiger partial charge in [-0.2, -0.15) is 23.5 Å². The number of hydrogen-bond acceptors (Lipinski definition) is 7. The summed E-state index contributed by atoms with van der Waals surface area (Å²) in [6.45, 7) is 0.590. The fourth-order valence-corrected chi connectivity index (χ4v) is 5.37. The first-order valence-electron chi connectivity index (χ1n) is 14.1. The van der Waals surface area contributed by atoms with Gasteiger partial charge in [-0.15, -0.1) is 0 Å². The summed E-state index contributed by atoms with van der Waals surface area (Å²) in [7, 11) is 0.